The number of benzene rings is 1. The Balaban J connectivity index is 1.98. The van der Waals surface area contributed by atoms with Gasteiger partial charge in [-0.1, -0.05) is 37.0 Å². The van der Waals surface area contributed by atoms with E-state index in [0.717, 1.165) is 0 Å². The van der Waals surface area contributed by atoms with Gasteiger partial charge in [0.1, 0.15) is 0 Å². The average molecular weight is 408 g/mol. The smallest absolute Gasteiger partial charge is 0.290 e. The number of nitrogens with zero attached hydrogens (tertiary/aromatic N) is 1. The minimum atomic E-state index is -0.596. The highest BCUT2D eigenvalue weighted by atomic mass is 35.5. The number of aromatic amines is 2. The van der Waals surface area contributed by atoms with E-state index in [1.54, 1.807) is 12.1 Å². The average Bonchev–Trinajstić information content (AvgIpc) is 2.61. The van der Waals surface area contributed by atoms with Crippen LogP contribution < -0.4 is 15.9 Å². The number of hydrogen-bond acceptors (Lipinski definition) is 5. The lowest BCUT2D eigenvalue weighted by atomic mass is 10.1. The highest BCUT2D eigenvalue weighted by Crippen LogP contribution is 2.39. The van der Waals surface area contributed by atoms with Gasteiger partial charge in [0.05, 0.1) is 10.0 Å². The molecule has 7 nitrogen and oxygen atoms in total. The standard InChI is InChI=1S/C18H15Cl2N3O4/c1-8(2)11-6-15(22-23-17(11)25)27-16-12(19)3-9(4-13(16)20)10-5-14(24)18(26)21-7-10/h3-8,24H,1-2H3,(H,21,26)(H,23,25). The molecule has 0 aliphatic carbocycles. The highest BCUT2D eigenvalue weighted by molar-refractivity contribution is 6.37. The van der Waals surface area contributed by atoms with Gasteiger partial charge in [0.2, 0.25) is 5.88 Å². The molecule has 9 heteroatoms. The van der Waals surface area contributed by atoms with Crippen molar-refractivity contribution in [1.82, 2.24) is 15.2 Å². The molecule has 0 radical (unpaired) electrons. The molecule has 0 amide bonds. The molecule has 3 aromatic rings. The SMILES string of the molecule is CC(C)c1cc(Oc2c(Cl)cc(-c3c[nH]c(=O)c(O)c3)cc2Cl)n[nH]c1=O. The van der Waals surface area contributed by atoms with Crippen LogP contribution in [0.1, 0.15) is 25.3 Å². The summed E-state index contributed by atoms with van der Waals surface area (Å²) in [5.41, 5.74) is 0.726. The molecular weight excluding hydrogens is 393 g/mol. The quantitative estimate of drug-likeness (QED) is 0.604. The van der Waals surface area contributed by atoms with Crippen molar-refractivity contribution in [2.45, 2.75) is 19.8 Å². The fraction of sp³-hybridized carbons (Fsp3) is 0.167. The summed E-state index contributed by atoms with van der Waals surface area (Å²) < 4.78 is 5.67. The molecule has 0 spiro atoms. The second-order valence-electron chi connectivity index (χ2n) is 6.12. The van der Waals surface area contributed by atoms with Crippen molar-refractivity contribution in [1.29, 1.82) is 0 Å². The topological polar surface area (TPSA) is 108 Å². The van der Waals surface area contributed by atoms with Crippen LogP contribution in [0.2, 0.25) is 10.0 Å². The first-order valence-corrected chi connectivity index (χ1v) is 8.70. The van der Waals surface area contributed by atoms with E-state index in [-0.39, 0.29) is 33.2 Å². The van der Waals surface area contributed by atoms with Gasteiger partial charge in [-0.25, -0.2) is 5.10 Å². The molecule has 1 aromatic carbocycles. The van der Waals surface area contributed by atoms with Gasteiger partial charge >= 0.3 is 0 Å². The van der Waals surface area contributed by atoms with Crippen LogP contribution in [0.15, 0.2) is 40.1 Å². The van der Waals surface area contributed by atoms with Crippen LogP contribution in [0.5, 0.6) is 17.4 Å². The third kappa shape index (κ3) is 3.99. The number of aromatic nitrogens is 3. The third-order valence-corrected chi connectivity index (χ3v) is 4.41. The Labute approximate surface area is 163 Å². The number of rotatable bonds is 4. The molecule has 0 fully saturated rings. The molecule has 2 heterocycles. The Morgan fingerprint density at radius 1 is 1.04 bits per heavy atom. The first-order valence-electron chi connectivity index (χ1n) is 7.95. The highest BCUT2D eigenvalue weighted by Gasteiger charge is 2.15. The molecule has 0 aliphatic rings. The lowest BCUT2D eigenvalue weighted by Gasteiger charge is -2.12. The van der Waals surface area contributed by atoms with Crippen LogP contribution in [0, 0.1) is 0 Å². The second kappa shape index (κ2) is 7.46. The van der Waals surface area contributed by atoms with Crippen molar-refractivity contribution < 1.29 is 9.84 Å². The monoisotopic (exact) mass is 407 g/mol. The van der Waals surface area contributed by atoms with Crippen LogP contribution in [-0.4, -0.2) is 20.3 Å². The van der Waals surface area contributed by atoms with E-state index in [1.807, 2.05) is 13.8 Å². The normalized spacial score (nSPS) is 11.0. The van der Waals surface area contributed by atoms with E-state index in [1.165, 1.54) is 18.3 Å². The molecular formula is C18H15Cl2N3O4. The molecule has 2 aromatic heterocycles. The van der Waals surface area contributed by atoms with E-state index in [2.05, 4.69) is 15.2 Å². The zero-order chi connectivity index (χ0) is 19.7. The largest absolute Gasteiger partial charge is 0.503 e. The maximum Gasteiger partial charge on any atom is 0.290 e. The molecule has 3 rings (SSSR count). The second-order valence-corrected chi connectivity index (χ2v) is 6.93. The fourth-order valence-corrected chi connectivity index (χ4v) is 3.01. The predicted molar refractivity (Wildman–Crippen MR) is 103 cm³/mol. The van der Waals surface area contributed by atoms with Gasteiger partial charge in [0.25, 0.3) is 11.1 Å². The van der Waals surface area contributed by atoms with Gasteiger partial charge in [-0.05, 0) is 29.7 Å². The van der Waals surface area contributed by atoms with E-state index >= 15 is 0 Å². The molecule has 3 N–H and O–H groups in total. The van der Waals surface area contributed by atoms with E-state index in [9.17, 15) is 14.7 Å². The van der Waals surface area contributed by atoms with Gasteiger partial charge in [-0.15, -0.1) is 5.10 Å². The predicted octanol–water partition coefficient (Wildman–Crippen LogP) is 4.05. The number of ether oxygens (including phenoxy) is 1. The van der Waals surface area contributed by atoms with Gasteiger partial charge in [-0.3, -0.25) is 9.59 Å². The van der Waals surface area contributed by atoms with E-state index in [4.69, 9.17) is 27.9 Å². The number of H-pyrrole nitrogens is 2. The maximum atomic E-state index is 11.8. The van der Waals surface area contributed by atoms with Crippen LogP contribution >= 0.6 is 23.2 Å². The van der Waals surface area contributed by atoms with Crippen molar-refractivity contribution in [2.75, 3.05) is 0 Å². The van der Waals surface area contributed by atoms with Crippen molar-refractivity contribution in [3.05, 3.63) is 66.8 Å². The molecule has 0 saturated carbocycles. The Hall–Kier alpha value is -2.77. The summed E-state index contributed by atoms with van der Waals surface area (Å²) >= 11 is 12.6. The summed E-state index contributed by atoms with van der Waals surface area (Å²) in [6.45, 7) is 3.76. The Kier molecular flexibility index (Phi) is 5.25. The number of aromatic hydroxyl groups is 1. The number of pyridine rings is 1. The maximum absolute atomic E-state index is 11.8. The van der Waals surface area contributed by atoms with Gasteiger partial charge in [-0.2, -0.15) is 0 Å². The zero-order valence-electron chi connectivity index (χ0n) is 14.3. The summed E-state index contributed by atoms with van der Waals surface area (Å²) in [4.78, 5) is 25.5. The summed E-state index contributed by atoms with van der Waals surface area (Å²) in [5.74, 6) is -0.111. The molecule has 0 atom stereocenters. The van der Waals surface area contributed by atoms with Crippen molar-refractivity contribution in [3.63, 3.8) is 0 Å². The van der Waals surface area contributed by atoms with E-state index in [0.29, 0.717) is 16.7 Å². The number of nitrogens with one attached hydrogen (secondary N) is 2. The third-order valence-electron chi connectivity index (χ3n) is 3.85. The molecule has 0 aliphatic heterocycles. The Morgan fingerprint density at radius 3 is 2.30 bits per heavy atom. The molecule has 27 heavy (non-hydrogen) atoms. The first kappa shape index (κ1) is 19.0. The van der Waals surface area contributed by atoms with Crippen LogP contribution in [-0.2, 0) is 0 Å². The van der Waals surface area contributed by atoms with Crippen LogP contribution in [0.3, 0.4) is 0 Å². The summed E-state index contributed by atoms with van der Waals surface area (Å²) in [6, 6.07) is 5.99. The Morgan fingerprint density at radius 2 is 1.70 bits per heavy atom. The molecule has 140 valence electrons. The minimum absolute atomic E-state index is 0.0136. The lowest BCUT2D eigenvalue weighted by Crippen LogP contribution is -2.15. The van der Waals surface area contributed by atoms with Crippen LogP contribution in [0.25, 0.3) is 11.1 Å². The van der Waals surface area contributed by atoms with Crippen molar-refractivity contribution >= 4 is 23.2 Å². The van der Waals surface area contributed by atoms with Gasteiger partial charge < -0.3 is 14.8 Å². The molecule has 0 saturated heterocycles. The minimum Gasteiger partial charge on any atom is -0.503 e. The number of hydrogen-bond donors (Lipinski definition) is 3. The number of halogens is 2. The summed E-state index contributed by atoms with van der Waals surface area (Å²) in [5, 5.41) is 16.2. The van der Waals surface area contributed by atoms with Crippen molar-refractivity contribution in [3.8, 4) is 28.5 Å². The van der Waals surface area contributed by atoms with Crippen LogP contribution in [0.4, 0.5) is 0 Å². The zero-order valence-corrected chi connectivity index (χ0v) is 15.9. The first-order chi connectivity index (χ1) is 12.8. The Bertz CT molecular complexity index is 1100. The van der Waals surface area contributed by atoms with Gasteiger partial charge in [0, 0.05) is 23.4 Å². The summed E-state index contributed by atoms with van der Waals surface area (Å²) in [6.07, 6.45) is 1.43. The fourth-order valence-electron chi connectivity index (χ4n) is 2.45. The molecule has 0 bridgehead atoms. The lowest BCUT2D eigenvalue weighted by molar-refractivity contribution is 0.452. The van der Waals surface area contributed by atoms with E-state index < -0.39 is 11.3 Å². The van der Waals surface area contributed by atoms with Gasteiger partial charge in [0.15, 0.2) is 11.5 Å². The summed E-state index contributed by atoms with van der Waals surface area (Å²) in [7, 11) is 0. The van der Waals surface area contributed by atoms with Crippen molar-refractivity contribution in [2.24, 2.45) is 0 Å². The molecule has 0 unspecified atom stereocenters.